The Labute approximate surface area is 420 Å². The van der Waals surface area contributed by atoms with Gasteiger partial charge in [0.2, 0.25) is 0 Å². The molecule has 5 nitrogen and oxygen atoms in total. The van der Waals surface area contributed by atoms with E-state index in [9.17, 15) is 0 Å². The quantitative estimate of drug-likeness (QED) is 0.146. The van der Waals surface area contributed by atoms with Crippen LogP contribution in [0.25, 0.3) is 49.9 Å². The number of hydrogen-bond acceptors (Lipinski definition) is 5. The molecule has 0 atom stereocenters. The average molecular weight is 951 g/mol. The Morgan fingerprint density at radius 2 is 1.14 bits per heavy atom. The molecule has 0 amide bonds. The van der Waals surface area contributed by atoms with Gasteiger partial charge in [-0.1, -0.05) is 178 Å². The first-order chi connectivity index (χ1) is 34.8. The molecule has 7 heteroatoms. The van der Waals surface area contributed by atoms with E-state index in [-0.39, 0.29) is 5.41 Å². The standard InChI is InChI=1S/C64H50N4OSSi/c1-64(2,3)44-36-37-65-60(38-44)68-52-30-19-35-58-61(52)62-53(68)40-47(41-59(62)71(58)56-33-15-13-31-54(56)70-55-32-14-16-34-57(55)71)69-46-25-17-24-45(39-46)66-50-28-11-12-29-51(50)67(4)63-48(42-20-7-5-8-21-42)26-18-27-49(63)43-22-9-6-10-23-43/h5-41,66H,1-4H3. The largest absolute Gasteiger partial charge is 0.457 e. The number of anilines is 4. The van der Waals surface area contributed by atoms with Crippen LogP contribution in [0, 0.1) is 0 Å². The van der Waals surface area contributed by atoms with Crippen LogP contribution < -0.4 is 35.7 Å². The summed E-state index contributed by atoms with van der Waals surface area (Å²) >= 11 is 1.90. The Bertz CT molecular complexity index is 3780. The van der Waals surface area contributed by atoms with Gasteiger partial charge in [-0.05, 0) is 104 Å². The van der Waals surface area contributed by atoms with Crippen molar-refractivity contribution in [2.75, 3.05) is 17.3 Å². The maximum absolute atomic E-state index is 7.18. The van der Waals surface area contributed by atoms with E-state index in [0.29, 0.717) is 0 Å². The fourth-order valence-corrected chi connectivity index (χ4v) is 18.7. The maximum atomic E-state index is 7.18. The molecule has 71 heavy (non-hydrogen) atoms. The summed E-state index contributed by atoms with van der Waals surface area (Å²) in [5.41, 5.74) is 12.2. The molecule has 4 heterocycles. The number of hydrogen-bond donors (Lipinski definition) is 1. The highest BCUT2D eigenvalue weighted by molar-refractivity contribution is 8.00. The van der Waals surface area contributed by atoms with Crippen LogP contribution in [0.5, 0.6) is 11.5 Å². The minimum atomic E-state index is -2.84. The van der Waals surface area contributed by atoms with Crippen molar-refractivity contribution in [1.82, 2.24) is 9.55 Å². The summed E-state index contributed by atoms with van der Waals surface area (Å²) in [5, 5.41) is 12.1. The van der Waals surface area contributed by atoms with Crippen molar-refractivity contribution in [3.63, 3.8) is 0 Å². The SMILES string of the molecule is CN(c1ccccc1Nc1cccc(Oc2cc3c4c5c(cccc5n(-c5cc(C(C)(C)C)ccn5)c4c2)[Si]32c3ccccc3Sc3ccccc32)c1)c1c(-c2ccccc2)cccc1-c1ccccc1. The van der Waals surface area contributed by atoms with Gasteiger partial charge in [0.05, 0.1) is 28.1 Å². The van der Waals surface area contributed by atoms with Gasteiger partial charge in [0.1, 0.15) is 17.3 Å². The molecule has 2 aromatic heterocycles. The van der Waals surface area contributed by atoms with Gasteiger partial charge in [-0.15, -0.1) is 0 Å². The van der Waals surface area contributed by atoms with Crippen molar-refractivity contribution < 1.29 is 4.74 Å². The third-order valence-corrected chi connectivity index (χ3v) is 20.9. The Kier molecular flexibility index (Phi) is 10.2. The van der Waals surface area contributed by atoms with Crippen LogP contribution in [0.3, 0.4) is 0 Å². The molecular formula is C64H50N4OSSi. The first-order valence-electron chi connectivity index (χ1n) is 24.3. The molecule has 0 saturated heterocycles. The number of pyridine rings is 1. The Balaban J connectivity index is 0.938. The van der Waals surface area contributed by atoms with Gasteiger partial charge in [0, 0.05) is 62.8 Å². The summed E-state index contributed by atoms with van der Waals surface area (Å²) in [6, 6.07) is 79.1. The van der Waals surface area contributed by atoms with Gasteiger partial charge in [0.15, 0.2) is 8.07 Å². The topological polar surface area (TPSA) is 42.3 Å². The lowest BCUT2D eigenvalue weighted by Crippen LogP contribution is -2.75. The lowest BCUT2D eigenvalue weighted by molar-refractivity contribution is 0.484. The average Bonchev–Trinajstić information content (AvgIpc) is 3.90. The Hall–Kier alpha value is -8.10. The third kappa shape index (κ3) is 6.94. The third-order valence-electron chi connectivity index (χ3n) is 14.5. The fraction of sp³-hybridized carbons (Fsp3) is 0.0781. The number of ether oxygens (including phenoxy) is 1. The van der Waals surface area contributed by atoms with Crippen molar-refractivity contribution in [1.29, 1.82) is 0 Å². The van der Waals surface area contributed by atoms with Crippen LogP contribution in [-0.2, 0) is 5.41 Å². The molecule has 1 spiro atoms. The fourth-order valence-electron chi connectivity index (χ4n) is 11.3. The monoisotopic (exact) mass is 950 g/mol. The number of nitrogens with one attached hydrogen (secondary N) is 1. The number of nitrogens with zero attached hydrogens (tertiary/aromatic N) is 3. The summed E-state index contributed by atoms with van der Waals surface area (Å²) in [5.74, 6) is 2.45. The smallest absolute Gasteiger partial charge is 0.183 e. The second-order valence-corrected chi connectivity index (χ2v) is 24.4. The molecule has 0 saturated carbocycles. The molecule has 1 N–H and O–H groups in total. The van der Waals surface area contributed by atoms with Crippen LogP contribution >= 0.6 is 11.8 Å². The van der Waals surface area contributed by atoms with E-state index in [2.05, 4.69) is 261 Å². The predicted octanol–water partition coefficient (Wildman–Crippen LogP) is 14.3. The molecule has 0 bridgehead atoms. The number of rotatable bonds is 9. The second-order valence-electron chi connectivity index (χ2n) is 19.7. The highest BCUT2D eigenvalue weighted by Gasteiger charge is 2.53. The van der Waals surface area contributed by atoms with Crippen molar-refractivity contribution >= 4 is 85.1 Å². The molecule has 0 aliphatic carbocycles. The first-order valence-corrected chi connectivity index (χ1v) is 27.1. The summed E-state index contributed by atoms with van der Waals surface area (Å²) < 4.78 is 9.55. The predicted molar refractivity (Wildman–Crippen MR) is 300 cm³/mol. The molecule has 13 rings (SSSR count). The van der Waals surface area contributed by atoms with Gasteiger partial charge >= 0.3 is 0 Å². The Morgan fingerprint density at radius 1 is 0.535 bits per heavy atom. The summed E-state index contributed by atoms with van der Waals surface area (Å²) in [7, 11) is -0.666. The van der Waals surface area contributed by atoms with Crippen LogP contribution in [0.2, 0.25) is 0 Å². The minimum absolute atomic E-state index is 0.0466. The highest BCUT2D eigenvalue weighted by atomic mass is 32.2. The molecule has 9 aromatic carbocycles. The van der Waals surface area contributed by atoms with Crippen molar-refractivity contribution in [3.05, 3.63) is 230 Å². The van der Waals surface area contributed by atoms with Crippen molar-refractivity contribution in [2.45, 2.75) is 36.0 Å². The zero-order chi connectivity index (χ0) is 47.8. The van der Waals surface area contributed by atoms with Crippen LogP contribution in [0.1, 0.15) is 26.3 Å². The van der Waals surface area contributed by atoms with E-state index in [4.69, 9.17) is 9.72 Å². The number of aromatic nitrogens is 2. The first kappa shape index (κ1) is 43.0. The van der Waals surface area contributed by atoms with Crippen LogP contribution in [0.4, 0.5) is 22.7 Å². The summed E-state index contributed by atoms with van der Waals surface area (Å²) in [4.78, 5) is 10.1. The van der Waals surface area contributed by atoms with Gasteiger partial charge in [-0.2, -0.15) is 0 Å². The van der Waals surface area contributed by atoms with E-state index in [1.807, 2.05) is 18.0 Å². The summed E-state index contributed by atoms with van der Waals surface area (Å²) in [6.45, 7) is 6.80. The zero-order valence-corrected chi connectivity index (χ0v) is 41.8. The van der Waals surface area contributed by atoms with Crippen LogP contribution in [0.15, 0.2) is 234 Å². The van der Waals surface area contributed by atoms with Gasteiger partial charge in [0.25, 0.3) is 0 Å². The highest BCUT2D eigenvalue weighted by Crippen LogP contribution is 2.46. The van der Waals surface area contributed by atoms with E-state index < -0.39 is 8.07 Å². The minimum Gasteiger partial charge on any atom is -0.457 e. The van der Waals surface area contributed by atoms with Gasteiger partial charge in [-0.3, -0.25) is 4.57 Å². The van der Waals surface area contributed by atoms with E-state index in [0.717, 1.165) is 56.7 Å². The van der Waals surface area contributed by atoms with Crippen LogP contribution in [-0.4, -0.2) is 24.7 Å². The number of fused-ring (bicyclic) bond motifs is 6. The molecule has 2 aliphatic heterocycles. The Morgan fingerprint density at radius 3 is 1.85 bits per heavy atom. The molecule has 11 aromatic rings. The lowest BCUT2D eigenvalue weighted by atomic mass is 9.88. The second kappa shape index (κ2) is 16.8. The lowest BCUT2D eigenvalue weighted by Gasteiger charge is -2.38. The molecule has 2 aliphatic rings. The van der Waals surface area contributed by atoms with E-state index in [1.165, 1.54) is 63.5 Å². The number of benzene rings is 9. The van der Waals surface area contributed by atoms with Crippen molar-refractivity contribution in [3.8, 4) is 39.6 Å². The van der Waals surface area contributed by atoms with Crippen molar-refractivity contribution in [2.24, 2.45) is 0 Å². The zero-order valence-electron chi connectivity index (χ0n) is 40.0. The maximum Gasteiger partial charge on any atom is 0.183 e. The molecule has 0 radical (unpaired) electrons. The molecule has 342 valence electrons. The molecule has 0 unspecified atom stereocenters. The van der Waals surface area contributed by atoms with Gasteiger partial charge < -0.3 is 15.0 Å². The normalized spacial score (nSPS) is 13.1. The van der Waals surface area contributed by atoms with E-state index >= 15 is 0 Å². The van der Waals surface area contributed by atoms with Gasteiger partial charge in [-0.25, -0.2) is 4.98 Å². The summed E-state index contributed by atoms with van der Waals surface area (Å²) in [6.07, 6.45) is 1.96. The van der Waals surface area contributed by atoms with E-state index in [1.54, 1.807) is 0 Å². The molecular weight excluding hydrogens is 901 g/mol. The molecule has 0 fully saturated rings. The number of para-hydroxylation sites is 3.